The van der Waals surface area contributed by atoms with Crippen LogP contribution in [0.2, 0.25) is 0 Å². The van der Waals surface area contributed by atoms with Crippen molar-refractivity contribution in [2.45, 2.75) is 18.8 Å². The maximum atomic E-state index is 5.31. The highest BCUT2D eigenvalue weighted by atomic mass is 15.3. The van der Waals surface area contributed by atoms with E-state index in [9.17, 15) is 0 Å². The van der Waals surface area contributed by atoms with Crippen LogP contribution in [0.4, 0.5) is 0 Å². The second-order valence-corrected chi connectivity index (χ2v) is 15.9. The minimum absolute atomic E-state index is 0.0600. The molecule has 3 atom stereocenters. The first-order chi connectivity index (χ1) is 29.3. The van der Waals surface area contributed by atoms with Crippen molar-refractivity contribution in [2.75, 3.05) is 0 Å². The van der Waals surface area contributed by atoms with Gasteiger partial charge in [-0.15, -0.1) is 0 Å². The van der Waals surface area contributed by atoms with E-state index in [0.29, 0.717) is 0 Å². The van der Waals surface area contributed by atoms with Crippen LogP contribution in [-0.4, -0.2) is 10.4 Å². The Kier molecular flexibility index (Phi) is 7.85. The molecule has 1 aromatic heterocycles. The first kappa shape index (κ1) is 33.8. The van der Waals surface area contributed by atoms with Gasteiger partial charge >= 0.3 is 0 Å². The lowest BCUT2D eigenvalue weighted by atomic mass is 9.88. The number of amidine groups is 1. The maximum absolute atomic E-state index is 5.31. The van der Waals surface area contributed by atoms with Gasteiger partial charge in [0.1, 0.15) is 18.2 Å². The summed E-state index contributed by atoms with van der Waals surface area (Å²) >= 11 is 0. The fourth-order valence-corrected chi connectivity index (χ4v) is 9.84. The van der Waals surface area contributed by atoms with E-state index in [2.05, 4.69) is 215 Å². The zero-order chi connectivity index (χ0) is 38.9. The third-order valence-electron chi connectivity index (χ3n) is 12.5. The summed E-state index contributed by atoms with van der Waals surface area (Å²) in [4.78, 5) is 5.31. The molecule has 4 heteroatoms. The highest BCUT2D eigenvalue weighted by Gasteiger charge is 2.29. The highest BCUT2D eigenvalue weighted by molar-refractivity contribution is 6.40. The van der Waals surface area contributed by atoms with Gasteiger partial charge in [0.15, 0.2) is 0 Å². The van der Waals surface area contributed by atoms with Crippen LogP contribution in [-0.2, 0) is 0 Å². The second-order valence-electron chi connectivity index (χ2n) is 15.9. The van der Waals surface area contributed by atoms with Crippen LogP contribution in [0.15, 0.2) is 205 Å². The van der Waals surface area contributed by atoms with Gasteiger partial charge < -0.3 is 9.88 Å². The average Bonchev–Trinajstić information content (AvgIpc) is 3.68. The molecule has 0 fully saturated rings. The number of benzene rings is 9. The molecule has 9 aromatic carbocycles. The van der Waals surface area contributed by atoms with E-state index < -0.39 is 0 Å². The van der Waals surface area contributed by atoms with Crippen molar-refractivity contribution >= 4 is 76.4 Å². The Labute approximate surface area is 342 Å². The lowest BCUT2D eigenvalue weighted by Crippen LogP contribution is -2.47. The Morgan fingerprint density at radius 1 is 0.525 bits per heavy atom. The molecule has 2 aliphatic rings. The molecular weight excluding hydrogens is 717 g/mol. The van der Waals surface area contributed by atoms with Crippen molar-refractivity contribution in [1.82, 2.24) is 15.2 Å². The number of hydrogen-bond donors (Lipinski definition) is 2. The molecule has 12 rings (SSSR count). The molecule has 1 aliphatic carbocycles. The predicted octanol–water partition coefficient (Wildman–Crippen LogP) is 13.5. The Bertz CT molecular complexity index is 3360. The van der Waals surface area contributed by atoms with Gasteiger partial charge in [-0.25, -0.2) is 4.99 Å². The topological polar surface area (TPSA) is 41.4 Å². The van der Waals surface area contributed by atoms with Crippen molar-refractivity contribution in [1.29, 1.82) is 0 Å². The van der Waals surface area contributed by atoms with E-state index in [1.165, 1.54) is 87.3 Å². The Balaban J connectivity index is 1.08. The molecule has 0 saturated carbocycles. The summed E-state index contributed by atoms with van der Waals surface area (Å²) in [6, 6.07) is 66.0. The molecule has 2 heterocycles. The number of nitrogens with one attached hydrogen (secondary N) is 2. The Hall–Kier alpha value is -7.27. The molecule has 2 N–H and O–H groups in total. The zero-order valence-electron chi connectivity index (χ0n) is 32.4. The quantitative estimate of drug-likeness (QED) is 0.172. The number of rotatable bonds is 5. The highest BCUT2D eigenvalue weighted by Crippen LogP contribution is 2.48. The van der Waals surface area contributed by atoms with Crippen molar-refractivity contribution < 1.29 is 0 Å². The summed E-state index contributed by atoms with van der Waals surface area (Å²) in [7, 11) is 0. The van der Waals surface area contributed by atoms with Gasteiger partial charge in [-0.3, -0.25) is 5.32 Å². The first-order valence-corrected chi connectivity index (χ1v) is 20.6. The zero-order valence-corrected chi connectivity index (χ0v) is 32.4. The largest absolute Gasteiger partial charge is 0.354 e. The van der Waals surface area contributed by atoms with Crippen molar-refractivity contribution in [3.05, 3.63) is 211 Å². The minimum Gasteiger partial charge on any atom is -0.354 e. The van der Waals surface area contributed by atoms with Crippen LogP contribution in [0.3, 0.4) is 0 Å². The normalized spacial score (nSPS) is 18.1. The number of aliphatic imine (C=N–C) groups is 1. The van der Waals surface area contributed by atoms with E-state index in [1.807, 2.05) is 0 Å². The van der Waals surface area contributed by atoms with Crippen LogP contribution < -0.4 is 10.6 Å². The van der Waals surface area contributed by atoms with E-state index in [4.69, 9.17) is 4.99 Å². The van der Waals surface area contributed by atoms with E-state index in [1.54, 1.807) is 0 Å². The van der Waals surface area contributed by atoms with Crippen LogP contribution in [0, 0.1) is 5.92 Å². The maximum Gasteiger partial charge on any atom is 0.129 e. The standard InChI is InChI=1S/C55H40N4/c1-4-16-35(17-5-1)46-34-47-43-25-13-15-27-45(43)52-51(49(47)44-26-14-12-24-42(44)46)50-41-23-11-10-18-36(41)30-33-48(50)59(52)40-31-28-39(29-32-40)55-57-53(37-19-6-2-7-20-37)56-54(58-55)38-21-8-3-9-22-38/h1-28,30-34,39,53-54,56H,29H2,(H,57,58). The molecule has 0 bridgehead atoms. The number of fused-ring (bicyclic) bond motifs is 12. The van der Waals surface area contributed by atoms with Crippen molar-refractivity contribution in [2.24, 2.45) is 10.9 Å². The van der Waals surface area contributed by atoms with E-state index in [0.717, 1.165) is 17.8 Å². The van der Waals surface area contributed by atoms with E-state index in [-0.39, 0.29) is 18.2 Å². The van der Waals surface area contributed by atoms with Crippen LogP contribution in [0.1, 0.15) is 29.9 Å². The van der Waals surface area contributed by atoms with Gasteiger partial charge in [-0.2, -0.15) is 0 Å². The SMILES string of the molecule is C1=CC(C2=NC(c3ccccc3)NC(c3ccccc3)N2)CC=C1n1c2ccc3ccccc3c2c2c3c4ccccc4c(-c4ccccc4)cc3c3ccccc3c21. The molecule has 0 radical (unpaired) electrons. The lowest BCUT2D eigenvalue weighted by molar-refractivity contribution is 0.399. The third-order valence-corrected chi connectivity index (χ3v) is 12.5. The van der Waals surface area contributed by atoms with Gasteiger partial charge in [0.05, 0.1) is 11.0 Å². The Morgan fingerprint density at radius 3 is 1.92 bits per heavy atom. The van der Waals surface area contributed by atoms with Gasteiger partial charge in [-0.05, 0) is 79.2 Å². The molecule has 1 aliphatic heterocycles. The second kappa shape index (κ2) is 13.7. The number of nitrogens with zero attached hydrogens (tertiary/aromatic N) is 2. The Morgan fingerprint density at radius 2 is 1.17 bits per heavy atom. The van der Waals surface area contributed by atoms with Gasteiger partial charge in [0.25, 0.3) is 0 Å². The summed E-state index contributed by atoms with van der Waals surface area (Å²) in [6.07, 6.45) is 7.73. The van der Waals surface area contributed by atoms with Crippen LogP contribution in [0.25, 0.3) is 81.7 Å². The summed E-state index contributed by atoms with van der Waals surface area (Å²) in [5.74, 6) is 1.11. The monoisotopic (exact) mass is 756 g/mol. The lowest BCUT2D eigenvalue weighted by Gasteiger charge is -2.34. The van der Waals surface area contributed by atoms with Crippen LogP contribution in [0.5, 0.6) is 0 Å². The van der Waals surface area contributed by atoms with Crippen molar-refractivity contribution in [3.63, 3.8) is 0 Å². The molecular formula is C55H40N4. The fourth-order valence-electron chi connectivity index (χ4n) is 9.84. The molecule has 0 amide bonds. The summed E-state index contributed by atoms with van der Waals surface area (Å²) < 4.78 is 2.54. The summed E-state index contributed by atoms with van der Waals surface area (Å²) in [5, 5.41) is 20.3. The first-order valence-electron chi connectivity index (χ1n) is 20.6. The number of allylic oxidation sites excluding steroid dienone is 3. The molecule has 280 valence electrons. The molecule has 3 unspecified atom stereocenters. The van der Waals surface area contributed by atoms with Gasteiger partial charge in [-0.1, -0.05) is 182 Å². The number of hydrogen-bond acceptors (Lipinski definition) is 3. The van der Waals surface area contributed by atoms with Gasteiger partial charge in [0, 0.05) is 33.2 Å². The van der Waals surface area contributed by atoms with Crippen molar-refractivity contribution in [3.8, 4) is 11.1 Å². The molecule has 4 nitrogen and oxygen atoms in total. The molecule has 10 aromatic rings. The fraction of sp³-hybridized carbons (Fsp3) is 0.0727. The third kappa shape index (κ3) is 5.45. The number of aromatic nitrogens is 1. The van der Waals surface area contributed by atoms with E-state index >= 15 is 0 Å². The minimum atomic E-state index is -0.154. The summed E-state index contributed by atoms with van der Waals surface area (Å²) in [6.45, 7) is 0. The van der Waals surface area contributed by atoms with Crippen LogP contribution >= 0.6 is 0 Å². The molecule has 0 saturated heterocycles. The molecule has 59 heavy (non-hydrogen) atoms. The smallest absolute Gasteiger partial charge is 0.129 e. The van der Waals surface area contributed by atoms with Gasteiger partial charge in [0.2, 0.25) is 0 Å². The predicted molar refractivity (Wildman–Crippen MR) is 248 cm³/mol. The molecule has 0 spiro atoms. The summed E-state index contributed by atoms with van der Waals surface area (Å²) in [5.41, 5.74) is 8.48. The average molecular weight is 757 g/mol.